The Morgan fingerprint density at radius 3 is 2.37 bits per heavy atom. The summed E-state index contributed by atoms with van der Waals surface area (Å²) in [6, 6.07) is 17.2. The lowest BCUT2D eigenvalue weighted by Crippen LogP contribution is -2.33. The van der Waals surface area contributed by atoms with E-state index in [4.69, 9.17) is 4.74 Å². The number of nitrogens with zero attached hydrogens (tertiary/aromatic N) is 1. The summed E-state index contributed by atoms with van der Waals surface area (Å²) < 4.78 is 5.38. The molecule has 0 bridgehead atoms. The van der Waals surface area contributed by atoms with Crippen LogP contribution in [0.1, 0.15) is 43.6 Å². The average molecular weight is 423 g/mol. The van der Waals surface area contributed by atoms with E-state index in [-0.39, 0.29) is 23.7 Å². The van der Waals surface area contributed by atoms with Crippen molar-refractivity contribution in [1.82, 2.24) is 10.3 Å². The van der Waals surface area contributed by atoms with Crippen molar-refractivity contribution in [3.05, 3.63) is 71.1 Å². The fourth-order valence-corrected chi connectivity index (χ4v) is 3.50. The molecule has 3 rings (SSSR count). The van der Waals surface area contributed by atoms with Gasteiger partial charge in [-0.25, -0.2) is 4.98 Å². The SMILES string of the molecule is CC(CNC(=O)c1ccc(C(C)(C)C)cc1)C(=O)Oc1csc(-c2ccccc2)n1. The second-order valence-corrected chi connectivity index (χ2v) is 9.07. The van der Waals surface area contributed by atoms with Crippen LogP contribution < -0.4 is 10.1 Å². The maximum Gasteiger partial charge on any atom is 0.317 e. The van der Waals surface area contributed by atoms with Crippen molar-refractivity contribution in [1.29, 1.82) is 0 Å². The number of ether oxygens (including phenoxy) is 1. The van der Waals surface area contributed by atoms with Crippen LogP contribution >= 0.6 is 11.3 Å². The molecular weight excluding hydrogens is 396 g/mol. The first kappa shape index (κ1) is 21.7. The monoisotopic (exact) mass is 422 g/mol. The molecule has 1 heterocycles. The Bertz CT molecular complexity index is 1000. The molecule has 0 aliphatic rings. The molecule has 156 valence electrons. The molecule has 0 saturated heterocycles. The number of rotatable bonds is 6. The van der Waals surface area contributed by atoms with E-state index in [0.29, 0.717) is 5.56 Å². The number of aromatic nitrogens is 1. The Hall–Kier alpha value is -2.99. The molecule has 1 unspecified atom stereocenters. The Labute approximate surface area is 181 Å². The third-order valence-corrected chi connectivity index (χ3v) is 5.56. The normalized spacial score (nSPS) is 12.3. The quantitative estimate of drug-likeness (QED) is 0.563. The number of hydrogen-bond acceptors (Lipinski definition) is 5. The van der Waals surface area contributed by atoms with E-state index in [0.717, 1.165) is 16.1 Å². The average Bonchev–Trinajstić information content (AvgIpc) is 3.20. The predicted octanol–water partition coefficient (Wildman–Crippen LogP) is 5.08. The topological polar surface area (TPSA) is 68.3 Å². The Balaban J connectivity index is 1.52. The number of carbonyl (C=O) groups excluding carboxylic acids is 2. The second kappa shape index (κ2) is 9.22. The van der Waals surface area contributed by atoms with Gasteiger partial charge in [-0.3, -0.25) is 9.59 Å². The highest BCUT2D eigenvalue weighted by Crippen LogP contribution is 2.27. The van der Waals surface area contributed by atoms with Gasteiger partial charge in [-0.1, -0.05) is 70.2 Å². The highest BCUT2D eigenvalue weighted by molar-refractivity contribution is 7.13. The number of carbonyl (C=O) groups is 2. The van der Waals surface area contributed by atoms with Gasteiger partial charge in [-0.15, -0.1) is 11.3 Å². The number of benzene rings is 2. The first-order valence-electron chi connectivity index (χ1n) is 9.85. The van der Waals surface area contributed by atoms with Crippen LogP contribution in [0.25, 0.3) is 10.6 Å². The fraction of sp³-hybridized carbons (Fsp3) is 0.292. The van der Waals surface area contributed by atoms with Gasteiger partial charge in [0.2, 0.25) is 5.88 Å². The summed E-state index contributed by atoms with van der Waals surface area (Å²) in [6.45, 7) is 8.28. The number of thiazole rings is 1. The van der Waals surface area contributed by atoms with Crippen molar-refractivity contribution in [3.63, 3.8) is 0 Å². The molecule has 0 spiro atoms. The molecule has 6 heteroatoms. The van der Waals surface area contributed by atoms with Crippen molar-refractivity contribution < 1.29 is 14.3 Å². The molecule has 30 heavy (non-hydrogen) atoms. The molecular formula is C24H26N2O3S. The van der Waals surface area contributed by atoms with E-state index < -0.39 is 11.9 Å². The fourth-order valence-electron chi connectivity index (χ4n) is 2.78. The molecule has 5 nitrogen and oxygen atoms in total. The summed E-state index contributed by atoms with van der Waals surface area (Å²) >= 11 is 1.42. The molecule has 1 atom stereocenters. The summed E-state index contributed by atoms with van der Waals surface area (Å²) in [5.41, 5.74) is 2.73. The van der Waals surface area contributed by atoms with Crippen LogP contribution in [-0.4, -0.2) is 23.4 Å². The van der Waals surface area contributed by atoms with Crippen molar-refractivity contribution in [2.75, 3.05) is 6.54 Å². The molecule has 2 aromatic carbocycles. The van der Waals surface area contributed by atoms with Crippen LogP contribution in [0, 0.1) is 5.92 Å². The van der Waals surface area contributed by atoms with Gasteiger partial charge < -0.3 is 10.1 Å². The molecule has 3 aromatic rings. The molecule has 1 N–H and O–H groups in total. The number of amides is 1. The van der Waals surface area contributed by atoms with Gasteiger partial charge in [0.1, 0.15) is 5.01 Å². The Kier molecular flexibility index (Phi) is 6.67. The van der Waals surface area contributed by atoms with Gasteiger partial charge >= 0.3 is 5.97 Å². The molecule has 0 aliphatic carbocycles. The summed E-state index contributed by atoms with van der Waals surface area (Å²) in [4.78, 5) is 29.1. The van der Waals surface area contributed by atoms with Gasteiger partial charge in [0.15, 0.2) is 0 Å². The van der Waals surface area contributed by atoms with Gasteiger partial charge in [-0.05, 0) is 23.1 Å². The van der Waals surface area contributed by atoms with Gasteiger partial charge in [0.05, 0.1) is 11.3 Å². The molecule has 0 radical (unpaired) electrons. The van der Waals surface area contributed by atoms with E-state index in [9.17, 15) is 9.59 Å². The third-order valence-electron chi connectivity index (χ3n) is 4.69. The van der Waals surface area contributed by atoms with Crippen LogP contribution in [-0.2, 0) is 10.2 Å². The first-order valence-corrected chi connectivity index (χ1v) is 10.7. The smallest absolute Gasteiger partial charge is 0.317 e. The van der Waals surface area contributed by atoms with E-state index in [1.165, 1.54) is 11.3 Å². The summed E-state index contributed by atoms with van der Waals surface area (Å²) in [5, 5.41) is 5.30. The van der Waals surface area contributed by atoms with E-state index in [2.05, 4.69) is 31.1 Å². The highest BCUT2D eigenvalue weighted by atomic mass is 32.1. The predicted molar refractivity (Wildman–Crippen MR) is 120 cm³/mol. The number of hydrogen-bond donors (Lipinski definition) is 1. The van der Waals surface area contributed by atoms with Crippen LogP contribution in [0.2, 0.25) is 0 Å². The van der Waals surface area contributed by atoms with Crippen molar-refractivity contribution in [2.24, 2.45) is 5.92 Å². The molecule has 1 amide bonds. The lowest BCUT2D eigenvalue weighted by Gasteiger charge is -2.19. The zero-order valence-electron chi connectivity index (χ0n) is 17.6. The van der Waals surface area contributed by atoms with E-state index in [1.54, 1.807) is 24.4 Å². The minimum absolute atomic E-state index is 0.0311. The van der Waals surface area contributed by atoms with Gasteiger partial charge in [0.25, 0.3) is 5.91 Å². The Morgan fingerprint density at radius 2 is 1.73 bits per heavy atom. The van der Waals surface area contributed by atoms with Crippen LogP contribution in [0.15, 0.2) is 60.0 Å². The first-order chi connectivity index (χ1) is 14.2. The van der Waals surface area contributed by atoms with Gasteiger partial charge in [-0.2, -0.15) is 0 Å². The molecule has 0 saturated carbocycles. The lowest BCUT2D eigenvalue weighted by molar-refractivity contribution is -0.138. The summed E-state index contributed by atoms with van der Waals surface area (Å²) in [5.74, 6) is -0.858. The maximum absolute atomic E-state index is 12.4. The van der Waals surface area contributed by atoms with Crippen molar-refractivity contribution >= 4 is 23.2 Å². The number of nitrogens with one attached hydrogen (secondary N) is 1. The van der Waals surface area contributed by atoms with Crippen molar-refractivity contribution in [3.8, 4) is 16.5 Å². The summed E-state index contributed by atoms with van der Waals surface area (Å²) in [6.07, 6.45) is 0. The highest BCUT2D eigenvalue weighted by Gasteiger charge is 2.19. The van der Waals surface area contributed by atoms with E-state index in [1.807, 2.05) is 42.5 Å². The zero-order valence-corrected chi connectivity index (χ0v) is 18.5. The van der Waals surface area contributed by atoms with Crippen LogP contribution in [0.3, 0.4) is 0 Å². The van der Waals surface area contributed by atoms with Gasteiger partial charge in [0, 0.05) is 17.7 Å². The molecule has 0 aliphatic heterocycles. The minimum atomic E-state index is -0.496. The standard InChI is InChI=1S/C24H26N2O3S/c1-16(14-25-21(27)17-10-12-19(13-11-17)24(2,3)4)23(28)29-20-15-30-22(26-20)18-8-6-5-7-9-18/h5-13,15-16H,14H2,1-4H3,(H,25,27). The van der Waals surface area contributed by atoms with Crippen molar-refractivity contribution in [2.45, 2.75) is 33.1 Å². The molecule has 0 fully saturated rings. The van der Waals surface area contributed by atoms with E-state index >= 15 is 0 Å². The number of esters is 1. The summed E-state index contributed by atoms with van der Waals surface area (Å²) in [7, 11) is 0. The largest absolute Gasteiger partial charge is 0.406 e. The van der Waals surface area contributed by atoms with Crippen LogP contribution in [0.5, 0.6) is 5.88 Å². The zero-order chi connectivity index (χ0) is 21.7. The lowest BCUT2D eigenvalue weighted by atomic mass is 9.87. The molecule has 1 aromatic heterocycles. The maximum atomic E-state index is 12.4. The van der Waals surface area contributed by atoms with Crippen LogP contribution in [0.4, 0.5) is 0 Å². The second-order valence-electron chi connectivity index (χ2n) is 8.22. The minimum Gasteiger partial charge on any atom is -0.406 e. The third kappa shape index (κ3) is 5.54. The Morgan fingerprint density at radius 1 is 1.07 bits per heavy atom.